The van der Waals surface area contributed by atoms with Crippen molar-refractivity contribution in [3.8, 4) is 0 Å². The monoisotopic (exact) mass is 269 g/mol. The number of carbonyl (C=O) groups excluding carboxylic acids is 1. The molecule has 0 radical (unpaired) electrons. The van der Waals surface area contributed by atoms with Crippen LogP contribution < -0.4 is 11.4 Å². The lowest BCUT2D eigenvalue weighted by molar-refractivity contribution is -0.148. The van der Waals surface area contributed by atoms with Crippen LogP contribution in [-0.4, -0.2) is 45.7 Å². The summed E-state index contributed by atoms with van der Waals surface area (Å²) in [5.74, 6) is -1.48. The molecule has 2 heterocycles. The highest BCUT2D eigenvalue weighted by Gasteiger charge is 2.36. The molecule has 0 aromatic carbocycles. The average molecular weight is 269 g/mol. The van der Waals surface area contributed by atoms with Crippen molar-refractivity contribution >= 4 is 11.9 Å². The molecule has 0 spiro atoms. The van der Waals surface area contributed by atoms with Gasteiger partial charge in [-0.05, 0) is 12.8 Å². The number of carbonyl (C=O) groups is 2. The Labute approximate surface area is 108 Å². The van der Waals surface area contributed by atoms with Gasteiger partial charge in [-0.2, -0.15) is 0 Å². The van der Waals surface area contributed by atoms with E-state index in [1.165, 1.54) is 11.1 Å². The Morgan fingerprint density at radius 3 is 2.95 bits per heavy atom. The molecular formula is C11H15N3O5. The number of aromatic amines is 1. The summed E-state index contributed by atoms with van der Waals surface area (Å²) in [5, 5.41) is 11.3. The van der Waals surface area contributed by atoms with E-state index in [-0.39, 0.29) is 12.0 Å². The van der Waals surface area contributed by atoms with Crippen LogP contribution in [0, 0.1) is 0 Å². The Balaban J connectivity index is 2.05. The first-order chi connectivity index (χ1) is 9.00. The van der Waals surface area contributed by atoms with Crippen LogP contribution in [0.2, 0.25) is 0 Å². The largest absolute Gasteiger partial charge is 0.480 e. The lowest BCUT2D eigenvalue weighted by atomic mass is 10.1. The van der Waals surface area contributed by atoms with Gasteiger partial charge in [0, 0.05) is 19.2 Å². The summed E-state index contributed by atoms with van der Waals surface area (Å²) in [4.78, 5) is 35.6. The Bertz CT molecular complexity index is 534. The van der Waals surface area contributed by atoms with Crippen LogP contribution in [0.25, 0.3) is 0 Å². The van der Waals surface area contributed by atoms with Crippen molar-refractivity contribution in [3.63, 3.8) is 0 Å². The smallest absolute Gasteiger partial charge is 0.360 e. The Kier molecular flexibility index (Phi) is 3.70. The van der Waals surface area contributed by atoms with E-state index in [9.17, 15) is 14.4 Å². The molecule has 1 aliphatic rings. The third-order valence-corrected chi connectivity index (χ3v) is 3.22. The van der Waals surface area contributed by atoms with Crippen LogP contribution in [0.4, 0.5) is 0 Å². The minimum atomic E-state index is -1.03. The molecule has 1 aromatic rings. The minimum Gasteiger partial charge on any atom is -0.480 e. The van der Waals surface area contributed by atoms with Gasteiger partial charge in [-0.15, -0.1) is 0 Å². The molecule has 2 atom stereocenters. The summed E-state index contributed by atoms with van der Waals surface area (Å²) in [6.07, 6.45) is 2.43. The van der Waals surface area contributed by atoms with Crippen molar-refractivity contribution in [1.29, 1.82) is 0 Å². The molecule has 8 nitrogen and oxygen atoms in total. The third-order valence-electron chi connectivity index (χ3n) is 3.22. The van der Waals surface area contributed by atoms with Gasteiger partial charge in [0.2, 0.25) is 5.91 Å². The molecule has 0 unspecified atom stereocenters. The van der Waals surface area contributed by atoms with E-state index in [2.05, 4.69) is 9.68 Å². The van der Waals surface area contributed by atoms with Crippen molar-refractivity contribution < 1.29 is 19.2 Å². The summed E-state index contributed by atoms with van der Waals surface area (Å²) >= 11 is 0. The van der Waals surface area contributed by atoms with E-state index in [0.29, 0.717) is 19.4 Å². The second kappa shape index (κ2) is 5.27. The topological polar surface area (TPSA) is 130 Å². The molecule has 1 aliphatic heterocycles. The van der Waals surface area contributed by atoms with Gasteiger partial charge in [0.25, 0.3) is 0 Å². The van der Waals surface area contributed by atoms with E-state index in [0.717, 1.165) is 0 Å². The molecule has 0 saturated carbocycles. The molecular weight excluding hydrogens is 254 g/mol. The standard InChI is InChI=1S/C11H15N3O5/c12-7(4-6-5-13-19-11(6)18)9(15)14-3-1-2-8(14)10(16)17/h5,7-8,13H,1-4,12H2,(H,16,17)/t7-,8-/m0/s1. The second-order valence-electron chi connectivity index (χ2n) is 4.52. The zero-order chi connectivity index (χ0) is 14.0. The van der Waals surface area contributed by atoms with Gasteiger partial charge in [0.1, 0.15) is 6.04 Å². The summed E-state index contributed by atoms with van der Waals surface area (Å²) in [6.45, 7) is 0.380. The highest BCUT2D eigenvalue weighted by Crippen LogP contribution is 2.18. The normalized spacial score (nSPS) is 20.5. The van der Waals surface area contributed by atoms with Gasteiger partial charge in [0.15, 0.2) is 0 Å². The lowest BCUT2D eigenvalue weighted by Gasteiger charge is -2.24. The number of H-pyrrole nitrogens is 1. The van der Waals surface area contributed by atoms with Crippen molar-refractivity contribution in [2.75, 3.05) is 6.54 Å². The van der Waals surface area contributed by atoms with Crippen LogP contribution >= 0.6 is 0 Å². The Morgan fingerprint density at radius 1 is 1.63 bits per heavy atom. The van der Waals surface area contributed by atoms with Crippen molar-refractivity contribution in [3.05, 3.63) is 22.2 Å². The fourth-order valence-electron chi connectivity index (χ4n) is 2.25. The highest BCUT2D eigenvalue weighted by molar-refractivity contribution is 5.87. The summed E-state index contributed by atoms with van der Waals surface area (Å²) < 4.78 is 4.47. The molecule has 4 N–H and O–H groups in total. The Morgan fingerprint density at radius 2 is 2.37 bits per heavy atom. The van der Waals surface area contributed by atoms with Gasteiger partial charge in [-0.25, -0.2) is 14.7 Å². The first-order valence-electron chi connectivity index (χ1n) is 5.95. The summed E-state index contributed by atoms with van der Waals surface area (Å²) in [5.41, 5.74) is 5.44. The van der Waals surface area contributed by atoms with Crippen molar-refractivity contribution in [2.24, 2.45) is 5.73 Å². The lowest BCUT2D eigenvalue weighted by Crippen LogP contribution is -2.49. The quantitative estimate of drug-likeness (QED) is 0.637. The number of likely N-dealkylation sites (tertiary alicyclic amines) is 1. The van der Waals surface area contributed by atoms with E-state index in [1.54, 1.807) is 0 Å². The molecule has 1 fully saturated rings. The molecule has 1 saturated heterocycles. The highest BCUT2D eigenvalue weighted by atomic mass is 16.5. The number of nitrogens with two attached hydrogens (primary N) is 1. The predicted octanol–water partition coefficient (Wildman–Crippen LogP) is -1.09. The number of nitrogens with one attached hydrogen (secondary N) is 1. The average Bonchev–Trinajstić information content (AvgIpc) is 2.98. The van der Waals surface area contributed by atoms with Crippen LogP contribution in [0.15, 0.2) is 15.5 Å². The van der Waals surface area contributed by atoms with E-state index >= 15 is 0 Å². The van der Waals surface area contributed by atoms with E-state index < -0.39 is 29.6 Å². The number of hydrogen-bond donors (Lipinski definition) is 3. The van der Waals surface area contributed by atoms with Crippen LogP contribution in [0.3, 0.4) is 0 Å². The number of rotatable bonds is 4. The predicted molar refractivity (Wildman–Crippen MR) is 63.4 cm³/mol. The summed E-state index contributed by atoms with van der Waals surface area (Å²) in [6, 6.07) is -1.76. The maximum absolute atomic E-state index is 12.1. The number of aliphatic carboxylic acids is 1. The van der Waals surface area contributed by atoms with Crippen molar-refractivity contribution in [1.82, 2.24) is 10.1 Å². The molecule has 0 aliphatic carbocycles. The third kappa shape index (κ3) is 2.68. The first kappa shape index (κ1) is 13.3. The second-order valence-corrected chi connectivity index (χ2v) is 4.52. The summed E-state index contributed by atoms with van der Waals surface area (Å²) in [7, 11) is 0. The number of amides is 1. The number of aromatic nitrogens is 1. The SMILES string of the molecule is N[C@@H](Cc1c[nH]oc1=O)C(=O)N1CCC[C@H]1C(=O)O. The van der Waals surface area contributed by atoms with Gasteiger partial charge in [0.05, 0.1) is 11.6 Å². The maximum atomic E-state index is 12.1. The number of carboxylic acid groups (broad SMARTS) is 1. The first-order valence-corrected chi connectivity index (χ1v) is 5.95. The fraction of sp³-hybridized carbons (Fsp3) is 0.545. The number of carboxylic acids is 1. The minimum absolute atomic E-state index is 0.0213. The molecule has 1 amide bonds. The van der Waals surface area contributed by atoms with Crippen LogP contribution in [0.1, 0.15) is 18.4 Å². The molecule has 2 rings (SSSR count). The molecule has 1 aromatic heterocycles. The maximum Gasteiger partial charge on any atom is 0.360 e. The van der Waals surface area contributed by atoms with Crippen LogP contribution in [-0.2, 0) is 16.0 Å². The van der Waals surface area contributed by atoms with E-state index in [4.69, 9.17) is 10.8 Å². The molecule has 8 heteroatoms. The van der Waals surface area contributed by atoms with E-state index in [1.807, 2.05) is 0 Å². The number of nitrogens with zero attached hydrogens (tertiary/aromatic N) is 1. The zero-order valence-electron chi connectivity index (χ0n) is 10.2. The van der Waals surface area contributed by atoms with Gasteiger partial charge in [-0.3, -0.25) is 4.79 Å². The zero-order valence-corrected chi connectivity index (χ0v) is 10.2. The molecule has 104 valence electrons. The Hall–Kier alpha value is -2.09. The van der Waals surface area contributed by atoms with Gasteiger partial charge in [-0.1, -0.05) is 0 Å². The number of hydrogen-bond acceptors (Lipinski definition) is 5. The van der Waals surface area contributed by atoms with Gasteiger partial charge >= 0.3 is 11.6 Å². The van der Waals surface area contributed by atoms with Gasteiger partial charge < -0.3 is 20.3 Å². The molecule has 19 heavy (non-hydrogen) atoms. The fourth-order valence-corrected chi connectivity index (χ4v) is 2.25. The molecule has 0 bridgehead atoms. The van der Waals surface area contributed by atoms with Crippen molar-refractivity contribution in [2.45, 2.75) is 31.3 Å². The van der Waals surface area contributed by atoms with Crippen LogP contribution in [0.5, 0.6) is 0 Å².